The lowest BCUT2D eigenvalue weighted by Crippen LogP contribution is -2.32. The zero-order chi connectivity index (χ0) is 16.2. The van der Waals surface area contributed by atoms with Crippen LogP contribution in [0.15, 0.2) is 48.5 Å². The van der Waals surface area contributed by atoms with Crippen LogP contribution in [0.25, 0.3) is 0 Å². The first-order chi connectivity index (χ1) is 11.2. The fourth-order valence-electron chi connectivity index (χ4n) is 2.64. The molecular weight excluding hydrogens is 309 g/mol. The van der Waals surface area contributed by atoms with Crippen LogP contribution in [0.3, 0.4) is 0 Å². The lowest BCUT2D eigenvalue weighted by molar-refractivity contribution is 0.0728. The van der Waals surface area contributed by atoms with Gasteiger partial charge in [0, 0.05) is 29.5 Å². The molecule has 0 N–H and O–H groups in total. The fraction of sp³-hybridized carbons (Fsp3) is 0.316. The van der Waals surface area contributed by atoms with Gasteiger partial charge in [-0.15, -0.1) is 0 Å². The van der Waals surface area contributed by atoms with Gasteiger partial charge in [-0.1, -0.05) is 30.3 Å². The standard InChI is InChI=1S/C19H20FNOS/c1-23-13-14-6-8-15(9-7-14)19(22)21(17-10-11-17)12-16-4-2-3-5-18(16)20/h2-9,17H,10-13H2,1H3. The van der Waals surface area contributed by atoms with Gasteiger partial charge in [0.25, 0.3) is 5.91 Å². The highest BCUT2D eigenvalue weighted by Gasteiger charge is 2.33. The average molecular weight is 329 g/mol. The van der Waals surface area contributed by atoms with Gasteiger partial charge in [-0.2, -0.15) is 11.8 Å². The number of hydrogen-bond acceptors (Lipinski definition) is 2. The maximum atomic E-state index is 13.9. The number of hydrogen-bond donors (Lipinski definition) is 0. The van der Waals surface area contributed by atoms with Crippen LogP contribution in [-0.4, -0.2) is 23.1 Å². The molecule has 1 fully saturated rings. The van der Waals surface area contributed by atoms with Crippen LogP contribution >= 0.6 is 11.8 Å². The van der Waals surface area contributed by atoms with E-state index in [1.165, 1.54) is 11.6 Å². The molecule has 0 aromatic heterocycles. The summed E-state index contributed by atoms with van der Waals surface area (Å²) in [7, 11) is 0. The van der Waals surface area contributed by atoms with Crippen molar-refractivity contribution in [1.82, 2.24) is 4.90 Å². The minimum Gasteiger partial charge on any atom is -0.331 e. The molecule has 1 aliphatic carbocycles. The largest absolute Gasteiger partial charge is 0.331 e. The van der Waals surface area contributed by atoms with E-state index in [1.807, 2.05) is 35.2 Å². The smallest absolute Gasteiger partial charge is 0.254 e. The number of thioether (sulfide) groups is 1. The summed E-state index contributed by atoms with van der Waals surface area (Å²) >= 11 is 1.76. The molecule has 0 radical (unpaired) electrons. The summed E-state index contributed by atoms with van der Waals surface area (Å²) in [5, 5.41) is 0. The number of amides is 1. The number of rotatable bonds is 6. The van der Waals surface area contributed by atoms with Crippen LogP contribution < -0.4 is 0 Å². The minimum atomic E-state index is -0.249. The van der Waals surface area contributed by atoms with Crippen molar-refractivity contribution in [1.29, 1.82) is 0 Å². The third-order valence-corrected chi connectivity index (χ3v) is 4.68. The molecule has 0 spiro atoms. The van der Waals surface area contributed by atoms with E-state index in [1.54, 1.807) is 23.9 Å². The van der Waals surface area contributed by atoms with E-state index < -0.39 is 0 Å². The quantitative estimate of drug-likeness (QED) is 0.778. The first kappa shape index (κ1) is 16.1. The van der Waals surface area contributed by atoms with E-state index in [9.17, 15) is 9.18 Å². The highest BCUT2D eigenvalue weighted by atomic mass is 32.2. The first-order valence-electron chi connectivity index (χ1n) is 7.81. The van der Waals surface area contributed by atoms with E-state index in [2.05, 4.69) is 6.26 Å². The predicted molar refractivity (Wildman–Crippen MR) is 93.0 cm³/mol. The molecule has 0 aliphatic heterocycles. The first-order valence-corrected chi connectivity index (χ1v) is 9.20. The van der Waals surface area contributed by atoms with Gasteiger partial charge in [0.1, 0.15) is 5.82 Å². The summed E-state index contributed by atoms with van der Waals surface area (Å²) in [4.78, 5) is 14.6. The van der Waals surface area contributed by atoms with Gasteiger partial charge in [-0.05, 0) is 42.9 Å². The number of benzene rings is 2. The second kappa shape index (κ2) is 7.18. The van der Waals surface area contributed by atoms with Gasteiger partial charge in [0.2, 0.25) is 0 Å². The second-order valence-corrected chi connectivity index (χ2v) is 6.75. The predicted octanol–water partition coefficient (Wildman–Crippen LogP) is 4.49. The Morgan fingerprint density at radius 2 is 1.87 bits per heavy atom. The molecule has 120 valence electrons. The summed E-state index contributed by atoms with van der Waals surface area (Å²) in [5.74, 6) is 0.684. The zero-order valence-corrected chi connectivity index (χ0v) is 14.0. The summed E-state index contributed by atoms with van der Waals surface area (Å²) in [6.45, 7) is 0.336. The highest BCUT2D eigenvalue weighted by molar-refractivity contribution is 7.97. The number of nitrogens with zero attached hydrogens (tertiary/aromatic N) is 1. The second-order valence-electron chi connectivity index (χ2n) is 5.89. The normalized spacial score (nSPS) is 13.8. The summed E-state index contributed by atoms with van der Waals surface area (Å²) in [6, 6.07) is 14.7. The topological polar surface area (TPSA) is 20.3 Å². The Bertz CT molecular complexity index is 682. The maximum absolute atomic E-state index is 13.9. The molecular formula is C19H20FNOS. The monoisotopic (exact) mass is 329 g/mol. The van der Waals surface area contributed by atoms with E-state index in [-0.39, 0.29) is 17.8 Å². The Labute approximate surface area is 140 Å². The van der Waals surface area contributed by atoms with E-state index in [4.69, 9.17) is 0 Å². The molecule has 0 heterocycles. The highest BCUT2D eigenvalue weighted by Crippen LogP contribution is 2.30. The van der Waals surface area contributed by atoms with Crippen LogP contribution in [0.4, 0.5) is 4.39 Å². The third kappa shape index (κ3) is 3.94. The van der Waals surface area contributed by atoms with E-state index >= 15 is 0 Å². The van der Waals surface area contributed by atoms with Crippen molar-refractivity contribution in [2.75, 3.05) is 6.26 Å². The van der Waals surface area contributed by atoms with Gasteiger partial charge in [-0.3, -0.25) is 4.79 Å². The number of carbonyl (C=O) groups is 1. The Kier molecular flexibility index (Phi) is 5.01. The Morgan fingerprint density at radius 3 is 2.48 bits per heavy atom. The van der Waals surface area contributed by atoms with Crippen molar-refractivity contribution in [2.24, 2.45) is 0 Å². The van der Waals surface area contributed by atoms with Crippen LogP contribution in [0, 0.1) is 5.82 Å². The van der Waals surface area contributed by atoms with Crippen molar-refractivity contribution in [3.63, 3.8) is 0 Å². The molecule has 2 aromatic carbocycles. The molecule has 2 nitrogen and oxygen atoms in total. The molecule has 1 saturated carbocycles. The van der Waals surface area contributed by atoms with Crippen molar-refractivity contribution >= 4 is 17.7 Å². The summed E-state index contributed by atoms with van der Waals surface area (Å²) < 4.78 is 13.9. The molecule has 23 heavy (non-hydrogen) atoms. The van der Waals surface area contributed by atoms with E-state index in [0.717, 1.165) is 18.6 Å². The average Bonchev–Trinajstić information content (AvgIpc) is 3.39. The summed E-state index contributed by atoms with van der Waals surface area (Å²) in [5.41, 5.74) is 2.46. The molecule has 2 aromatic rings. The third-order valence-electron chi connectivity index (χ3n) is 4.06. The molecule has 1 aliphatic rings. The van der Waals surface area contributed by atoms with Crippen molar-refractivity contribution in [3.05, 3.63) is 71.0 Å². The zero-order valence-electron chi connectivity index (χ0n) is 13.2. The Morgan fingerprint density at radius 1 is 1.17 bits per heavy atom. The van der Waals surface area contributed by atoms with Gasteiger partial charge >= 0.3 is 0 Å². The van der Waals surface area contributed by atoms with Crippen molar-refractivity contribution < 1.29 is 9.18 Å². The summed E-state index contributed by atoms with van der Waals surface area (Å²) in [6.07, 6.45) is 4.07. The van der Waals surface area contributed by atoms with Gasteiger partial charge in [0.15, 0.2) is 0 Å². The van der Waals surface area contributed by atoms with Gasteiger partial charge in [-0.25, -0.2) is 4.39 Å². The SMILES string of the molecule is CSCc1ccc(C(=O)N(Cc2ccccc2F)C2CC2)cc1. The number of halogens is 1. The Balaban J connectivity index is 1.78. The number of carbonyl (C=O) groups excluding carboxylic acids is 1. The lowest BCUT2D eigenvalue weighted by atomic mass is 10.1. The van der Waals surface area contributed by atoms with Crippen LogP contribution in [0.1, 0.15) is 34.3 Å². The lowest BCUT2D eigenvalue weighted by Gasteiger charge is -2.23. The van der Waals surface area contributed by atoms with Crippen molar-refractivity contribution in [3.8, 4) is 0 Å². The molecule has 1 amide bonds. The Hall–Kier alpha value is -1.81. The fourth-order valence-corrected chi connectivity index (χ4v) is 3.16. The molecule has 4 heteroatoms. The minimum absolute atomic E-state index is 0.00791. The van der Waals surface area contributed by atoms with Crippen LogP contribution in [-0.2, 0) is 12.3 Å². The van der Waals surface area contributed by atoms with Crippen molar-refractivity contribution in [2.45, 2.75) is 31.2 Å². The van der Waals surface area contributed by atoms with Crippen LogP contribution in [0.2, 0.25) is 0 Å². The molecule has 0 saturated heterocycles. The molecule has 0 unspecified atom stereocenters. The van der Waals surface area contributed by atoms with E-state index in [0.29, 0.717) is 17.7 Å². The molecule has 3 rings (SSSR count). The van der Waals surface area contributed by atoms with Crippen LogP contribution in [0.5, 0.6) is 0 Å². The van der Waals surface area contributed by atoms with Gasteiger partial charge in [0.05, 0.1) is 0 Å². The molecule has 0 bridgehead atoms. The maximum Gasteiger partial charge on any atom is 0.254 e. The molecule has 0 atom stereocenters. The van der Waals surface area contributed by atoms with Gasteiger partial charge < -0.3 is 4.90 Å².